The number of esters is 1. The molecule has 1 aromatic heterocycles. The maximum absolute atomic E-state index is 12.7. The molecule has 7 nitrogen and oxygen atoms in total. The highest BCUT2D eigenvalue weighted by molar-refractivity contribution is 5.98. The number of pyridine rings is 1. The summed E-state index contributed by atoms with van der Waals surface area (Å²) in [5.74, 6) is 0.207. The molecule has 0 spiro atoms. The summed E-state index contributed by atoms with van der Waals surface area (Å²) in [5.41, 5.74) is -0.454. The van der Waals surface area contributed by atoms with Crippen molar-refractivity contribution in [1.82, 2.24) is 10.3 Å². The lowest BCUT2D eigenvalue weighted by Crippen LogP contribution is -2.53. The van der Waals surface area contributed by atoms with Crippen molar-refractivity contribution in [1.29, 1.82) is 0 Å². The number of carbonyl (C=O) groups excluding carboxylic acids is 2. The van der Waals surface area contributed by atoms with Gasteiger partial charge in [0.15, 0.2) is 0 Å². The number of amides is 1. The third-order valence-electron chi connectivity index (χ3n) is 5.23. The van der Waals surface area contributed by atoms with Crippen LogP contribution < -0.4 is 10.2 Å². The van der Waals surface area contributed by atoms with Crippen molar-refractivity contribution in [2.75, 3.05) is 24.6 Å². The molecule has 1 saturated heterocycles. The second kappa shape index (κ2) is 8.25. The molecule has 2 unspecified atom stereocenters. The molecule has 27 heavy (non-hydrogen) atoms. The zero-order valence-corrected chi connectivity index (χ0v) is 16.4. The summed E-state index contributed by atoms with van der Waals surface area (Å²) in [6.07, 6.45) is 4.91. The first-order chi connectivity index (χ1) is 12.9. The van der Waals surface area contributed by atoms with Crippen LogP contribution in [0.4, 0.5) is 5.82 Å². The Hall–Kier alpha value is -2.15. The van der Waals surface area contributed by atoms with Crippen molar-refractivity contribution in [3.8, 4) is 0 Å². The lowest BCUT2D eigenvalue weighted by atomic mass is 9.97. The van der Waals surface area contributed by atoms with E-state index in [4.69, 9.17) is 9.47 Å². The number of hydrogen-bond donors (Lipinski definition) is 1. The lowest BCUT2D eigenvalue weighted by Gasteiger charge is -2.36. The molecule has 1 aromatic rings. The van der Waals surface area contributed by atoms with Crippen LogP contribution in [0.3, 0.4) is 0 Å². The van der Waals surface area contributed by atoms with Gasteiger partial charge in [0.25, 0.3) is 5.91 Å². The Morgan fingerprint density at radius 2 is 1.93 bits per heavy atom. The van der Waals surface area contributed by atoms with E-state index in [0.717, 1.165) is 31.7 Å². The van der Waals surface area contributed by atoms with Gasteiger partial charge in [0.2, 0.25) is 0 Å². The van der Waals surface area contributed by atoms with E-state index < -0.39 is 5.54 Å². The normalized spacial score (nSPS) is 24.5. The fraction of sp³-hybridized carbons (Fsp3) is 0.650. The van der Waals surface area contributed by atoms with Gasteiger partial charge < -0.3 is 19.7 Å². The van der Waals surface area contributed by atoms with Crippen LogP contribution >= 0.6 is 0 Å². The van der Waals surface area contributed by atoms with Crippen LogP contribution in [-0.4, -0.2) is 54.3 Å². The average Bonchev–Trinajstić information content (AvgIpc) is 3.11. The molecule has 2 heterocycles. The van der Waals surface area contributed by atoms with Crippen molar-refractivity contribution >= 4 is 17.7 Å². The summed E-state index contributed by atoms with van der Waals surface area (Å²) in [7, 11) is 0. The van der Waals surface area contributed by atoms with Crippen LogP contribution in [0.5, 0.6) is 0 Å². The van der Waals surface area contributed by atoms with Gasteiger partial charge in [-0.25, -0.2) is 9.78 Å². The van der Waals surface area contributed by atoms with Crippen LogP contribution in [0.15, 0.2) is 18.3 Å². The van der Waals surface area contributed by atoms with Crippen molar-refractivity contribution < 1.29 is 19.1 Å². The molecule has 148 valence electrons. The van der Waals surface area contributed by atoms with Gasteiger partial charge in [0, 0.05) is 19.3 Å². The fourth-order valence-electron chi connectivity index (χ4n) is 3.99. The minimum absolute atomic E-state index is 0.144. The number of morpholine rings is 1. The summed E-state index contributed by atoms with van der Waals surface area (Å²) >= 11 is 0. The van der Waals surface area contributed by atoms with Gasteiger partial charge in [0.1, 0.15) is 11.4 Å². The summed E-state index contributed by atoms with van der Waals surface area (Å²) in [6.45, 7) is 7.72. The number of anilines is 1. The van der Waals surface area contributed by atoms with E-state index in [9.17, 15) is 9.59 Å². The molecule has 3 rings (SSSR count). The summed E-state index contributed by atoms with van der Waals surface area (Å²) in [6, 6.07) is 3.61. The SMILES string of the molecule is CCOC(=O)C1(NC(=O)c2ccc(N3CC(C)OC(C)C3)nc2)CCCC1. The van der Waals surface area contributed by atoms with E-state index in [2.05, 4.69) is 15.2 Å². The Morgan fingerprint density at radius 1 is 1.26 bits per heavy atom. The van der Waals surface area contributed by atoms with Crippen molar-refractivity contribution in [2.24, 2.45) is 0 Å². The molecule has 1 N–H and O–H groups in total. The molecule has 1 aliphatic carbocycles. The second-order valence-electron chi connectivity index (χ2n) is 7.53. The molecule has 7 heteroatoms. The first-order valence-electron chi connectivity index (χ1n) is 9.80. The van der Waals surface area contributed by atoms with E-state index >= 15 is 0 Å². The maximum Gasteiger partial charge on any atom is 0.331 e. The third-order valence-corrected chi connectivity index (χ3v) is 5.23. The van der Waals surface area contributed by atoms with Crippen molar-refractivity contribution in [3.63, 3.8) is 0 Å². The fourth-order valence-corrected chi connectivity index (χ4v) is 3.99. The number of aromatic nitrogens is 1. The van der Waals surface area contributed by atoms with E-state index in [1.54, 1.807) is 19.2 Å². The molecule has 0 bridgehead atoms. The Bertz CT molecular complexity index is 660. The number of rotatable bonds is 5. The maximum atomic E-state index is 12.7. The van der Waals surface area contributed by atoms with E-state index in [0.29, 0.717) is 25.0 Å². The van der Waals surface area contributed by atoms with Gasteiger partial charge in [-0.1, -0.05) is 12.8 Å². The topological polar surface area (TPSA) is 80.8 Å². The Kier molecular flexibility index (Phi) is 5.99. The molecule has 2 fully saturated rings. The highest BCUT2D eigenvalue weighted by Crippen LogP contribution is 2.31. The molecule has 0 radical (unpaired) electrons. The van der Waals surface area contributed by atoms with Gasteiger partial charge in [-0.05, 0) is 45.7 Å². The molecule has 0 aromatic carbocycles. The molecule has 2 atom stereocenters. The van der Waals surface area contributed by atoms with Crippen molar-refractivity contribution in [3.05, 3.63) is 23.9 Å². The first kappa shape index (κ1) is 19.6. The Labute approximate surface area is 160 Å². The van der Waals surface area contributed by atoms with E-state index in [1.807, 2.05) is 19.9 Å². The molecular formula is C20H29N3O4. The van der Waals surface area contributed by atoms with Crippen LogP contribution in [-0.2, 0) is 14.3 Å². The van der Waals surface area contributed by atoms with Crippen LogP contribution in [0, 0.1) is 0 Å². The summed E-state index contributed by atoms with van der Waals surface area (Å²) in [5, 5.41) is 2.92. The summed E-state index contributed by atoms with van der Waals surface area (Å²) < 4.78 is 10.9. The first-order valence-corrected chi connectivity index (χ1v) is 9.80. The number of nitrogens with one attached hydrogen (secondary N) is 1. The number of hydrogen-bond acceptors (Lipinski definition) is 6. The Morgan fingerprint density at radius 3 is 2.48 bits per heavy atom. The molecule has 1 saturated carbocycles. The molecule has 1 aliphatic heterocycles. The largest absolute Gasteiger partial charge is 0.464 e. The summed E-state index contributed by atoms with van der Waals surface area (Å²) in [4.78, 5) is 31.7. The average molecular weight is 375 g/mol. The van der Waals surface area contributed by atoms with Crippen LogP contribution in [0.2, 0.25) is 0 Å². The van der Waals surface area contributed by atoms with Gasteiger partial charge in [0.05, 0.1) is 24.4 Å². The lowest BCUT2D eigenvalue weighted by molar-refractivity contribution is -0.150. The molecule has 2 aliphatic rings. The highest BCUT2D eigenvalue weighted by atomic mass is 16.5. The predicted molar refractivity (Wildman–Crippen MR) is 102 cm³/mol. The zero-order valence-electron chi connectivity index (χ0n) is 16.4. The minimum Gasteiger partial charge on any atom is -0.464 e. The molecule has 1 amide bonds. The number of ether oxygens (including phenoxy) is 2. The predicted octanol–water partition coefficient (Wildman–Crippen LogP) is 2.30. The van der Waals surface area contributed by atoms with E-state index in [-0.39, 0.29) is 24.1 Å². The van der Waals surface area contributed by atoms with Crippen molar-refractivity contribution in [2.45, 2.75) is 64.2 Å². The number of carbonyl (C=O) groups is 2. The standard InChI is InChI=1S/C20H29N3O4/c1-4-26-19(25)20(9-5-6-10-20)22-18(24)16-7-8-17(21-11-16)23-12-14(2)27-15(3)13-23/h7-8,11,14-15H,4-6,9-10,12-13H2,1-3H3,(H,22,24). The molecular weight excluding hydrogens is 346 g/mol. The quantitative estimate of drug-likeness (QED) is 0.796. The van der Waals surface area contributed by atoms with Gasteiger partial charge in [-0.3, -0.25) is 4.79 Å². The third kappa shape index (κ3) is 4.40. The smallest absolute Gasteiger partial charge is 0.331 e. The van der Waals surface area contributed by atoms with E-state index in [1.165, 1.54) is 0 Å². The Balaban J connectivity index is 1.69. The van der Waals surface area contributed by atoms with Gasteiger partial charge >= 0.3 is 5.97 Å². The van der Waals surface area contributed by atoms with Crippen LogP contribution in [0.25, 0.3) is 0 Å². The van der Waals surface area contributed by atoms with Gasteiger partial charge in [-0.15, -0.1) is 0 Å². The number of nitrogens with zero attached hydrogens (tertiary/aromatic N) is 2. The second-order valence-corrected chi connectivity index (χ2v) is 7.53. The zero-order chi connectivity index (χ0) is 19.4. The van der Waals surface area contributed by atoms with Gasteiger partial charge in [-0.2, -0.15) is 0 Å². The monoisotopic (exact) mass is 375 g/mol. The van der Waals surface area contributed by atoms with Crippen LogP contribution in [0.1, 0.15) is 56.8 Å². The minimum atomic E-state index is -0.902. The highest BCUT2D eigenvalue weighted by Gasteiger charge is 2.44.